The summed E-state index contributed by atoms with van der Waals surface area (Å²) in [5.74, 6) is -1.25. The molecule has 0 aliphatic heterocycles. The lowest BCUT2D eigenvalue weighted by molar-refractivity contribution is -0.144. The first-order valence-corrected chi connectivity index (χ1v) is 11.4. The van der Waals surface area contributed by atoms with E-state index in [0.717, 1.165) is 44.9 Å². The standard InChI is InChI=1S/C23H42O4/c1-3-4-5-6-8-11-14-20(19(2)22(26)27)23(17-18-23)16-13-10-7-9-12-15-21(24)25/h19-20H,3-18H2,1-2H3,(H,24,25)(H,26,27). The fourth-order valence-corrected chi connectivity index (χ4v) is 4.65. The van der Waals surface area contributed by atoms with E-state index >= 15 is 0 Å². The van der Waals surface area contributed by atoms with Crippen LogP contribution in [0.25, 0.3) is 0 Å². The van der Waals surface area contributed by atoms with Gasteiger partial charge in [-0.15, -0.1) is 0 Å². The Morgan fingerprint density at radius 3 is 1.96 bits per heavy atom. The Kier molecular flexibility index (Phi) is 11.7. The van der Waals surface area contributed by atoms with Gasteiger partial charge in [-0.1, -0.05) is 78.1 Å². The van der Waals surface area contributed by atoms with Gasteiger partial charge < -0.3 is 10.2 Å². The minimum Gasteiger partial charge on any atom is -0.481 e. The lowest BCUT2D eigenvalue weighted by Crippen LogP contribution is -2.29. The van der Waals surface area contributed by atoms with Gasteiger partial charge in [0.05, 0.1) is 5.92 Å². The van der Waals surface area contributed by atoms with E-state index < -0.39 is 11.9 Å². The summed E-state index contributed by atoms with van der Waals surface area (Å²) in [6.45, 7) is 4.14. The number of aliphatic carboxylic acids is 2. The van der Waals surface area contributed by atoms with E-state index in [0.29, 0.717) is 5.92 Å². The molecule has 4 nitrogen and oxygen atoms in total. The van der Waals surface area contributed by atoms with Gasteiger partial charge >= 0.3 is 11.9 Å². The molecule has 0 amide bonds. The van der Waals surface area contributed by atoms with E-state index in [1.807, 2.05) is 6.92 Å². The van der Waals surface area contributed by atoms with Crippen LogP contribution in [0.3, 0.4) is 0 Å². The highest BCUT2D eigenvalue weighted by atomic mass is 16.4. The third-order valence-electron chi connectivity index (χ3n) is 6.61. The predicted molar refractivity (Wildman–Crippen MR) is 110 cm³/mol. The summed E-state index contributed by atoms with van der Waals surface area (Å²) in [7, 11) is 0. The first-order chi connectivity index (χ1) is 12.9. The number of unbranched alkanes of at least 4 members (excludes halogenated alkanes) is 9. The van der Waals surface area contributed by atoms with Gasteiger partial charge in [-0.3, -0.25) is 9.59 Å². The van der Waals surface area contributed by atoms with Crippen LogP contribution in [0.2, 0.25) is 0 Å². The molecule has 1 saturated carbocycles. The number of hydrogen-bond donors (Lipinski definition) is 2. The molecular weight excluding hydrogens is 340 g/mol. The highest BCUT2D eigenvalue weighted by molar-refractivity contribution is 5.70. The van der Waals surface area contributed by atoms with Gasteiger partial charge in [-0.25, -0.2) is 0 Å². The lowest BCUT2D eigenvalue weighted by atomic mass is 9.74. The fraction of sp³-hybridized carbons (Fsp3) is 0.913. The number of carboxylic acids is 2. The van der Waals surface area contributed by atoms with Crippen molar-refractivity contribution in [1.82, 2.24) is 0 Å². The lowest BCUT2D eigenvalue weighted by Gasteiger charge is -2.30. The molecule has 158 valence electrons. The van der Waals surface area contributed by atoms with E-state index in [1.165, 1.54) is 51.4 Å². The maximum absolute atomic E-state index is 11.6. The number of rotatable bonds is 18. The van der Waals surface area contributed by atoms with E-state index in [1.54, 1.807) is 0 Å². The van der Waals surface area contributed by atoms with E-state index in [9.17, 15) is 14.7 Å². The van der Waals surface area contributed by atoms with Crippen LogP contribution < -0.4 is 0 Å². The summed E-state index contributed by atoms with van der Waals surface area (Å²) < 4.78 is 0. The van der Waals surface area contributed by atoms with Gasteiger partial charge in [0.1, 0.15) is 0 Å². The number of hydrogen-bond acceptors (Lipinski definition) is 2. The van der Waals surface area contributed by atoms with Crippen LogP contribution in [0.4, 0.5) is 0 Å². The van der Waals surface area contributed by atoms with Crippen molar-refractivity contribution in [2.24, 2.45) is 17.3 Å². The Hall–Kier alpha value is -1.06. The molecule has 0 aromatic carbocycles. The molecule has 0 aromatic heterocycles. The van der Waals surface area contributed by atoms with Gasteiger partial charge in [0, 0.05) is 6.42 Å². The largest absolute Gasteiger partial charge is 0.481 e. The van der Waals surface area contributed by atoms with Crippen LogP contribution >= 0.6 is 0 Å². The van der Waals surface area contributed by atoms with Gasteiger partial charge in [-0.05, 0) is 43.4 Å². The summed E-state index contributed by atoms with van der Waals surface area (Å²) in [6, 6.07) is 0. The molecule has 0 saturated heterocycles. The number of carbonyl (C=O) groups is 2. The maximum Gasteiger partial charge on any atom is 0.306 e. The zero-order valence-corrected chi connectivity index (χ0v) is 17.7. The summed E-state index contributed by atoms with van der Waals surface area (Å²) in [6.07, 6.45) is 17.6. The smallest absolute Gasteiger partial charge is 0.306 e. The second kappa shape index (κ2) is 13.2. The van der Waals surface area contributed by atoms with Crippen LogP contribution in [-0.2, 0) is 9.59 Å². The van der Waals surface area contributed by atoms with Crippen molar-refractivity contribution in [3.05, 3.63) is 0 Å². The minimum atomic E-state index is -0.702. The Morgan fingerprint density at radius 1 is 0.852 bits per heavy atom. The van der Waals surface area contributed by atoms with Crippen molar-refractivity contribution in [2.45, 2.75) is 117 Å². The van der Waals surface area contributed by atoms with Crippen molar-refractivity contribution in [3.63, 3.8) is 0 Å². The second-order valence-corrected chi connectivity index (χ2v) is 8.81. The third kappa shape index (κ3) is 9.62. The third-order valence-corrected chi connectivity index (χ3v) is 6.61. The molecule has 0 aromatic rings. The normalized spacial score (nSPS) is 17.4. The second-order valence-electron chi connectivity index (χ2n) is 8.81. The topological polar surface area (TPSA) is 74.6 Å². The first kappa shape index (κ1) is 24.0. The average Bonchev–Trinajstić information content (AvgIpc) is 3.40. The van der Waals surface area contributed by atoms with Gasteiger partial charge in [0.25, 0.3) is 0 Å². The highest BCUT2D eigenvalue weighted by Crippen LogP contribution is 2.59. The van der Waals surface area contributed by atoms with Crippen LogP contribution in [0.5, 0.6) is 0 Å². The Bertz CT molecular complexity index is 428. The molecule has 0 bridgehead atoms. The molecule has 2 atom stereocenters. The molecule has 2 N–H and O–H groups in total. The summed E-state index contributed by atoms with van der Waals surface area (Å²) >= 11 is 0. The monoisotopic (exact) mass is 382 g/mol. The molecule has 1 aliphatic rings. The quantitative estimate of drug-likeness (QED) is 0.260. The molecule has 1 aliphatic carbocycles. The first-order valence-electron chi connectivity index (χ1n) is 11.4. The summed E-state index contributed by atoms with van der Waals surface area (Å²) in [4.78, 5) is 22.2. The van der Waals surface area contributed by atoms with Crippen LogP contribution in [0.15, 0.2) is 0 Å². The van der Waals surface area contributed by atoms with E-state index in [2.05, 4.69) is 6.92 Å². The molecule has 1 fully saturated rings. The van der Waals surface area contributed by atoms with Gasteiger partial charge in [0.15, 0.2) is 0 Å². The molecular formula is C23H42O4. The molecule has 2 unspecified atom stereocenters. The van der Waals surface area contributed by atoms with Crippen LogP contribution in [0, 0.1) is 17.3 Å². The summed E-state index contributed by atoms with van der Waals surface area (Å²) in [5, 5.41) is 18.3. The Labute approximate surface area is 166 Å². The molecule has 0 radical (unpaired) electrons. The van der Waals surface area contributed by atoms with Crippen molar-refractivity contribution in [3.8, 4) is 0 Å². The zero-order valence-electron chi connectivity index (χ0n) is 17.7. The summed E-state index contributed by atoms with van der Waals surface area (Å²) in [5.41, 5.74) is 0.280. The van der Waals surface area contributed by atoms with Crippen molar-refractivity contribution in [2.75, 3.05) is 0 Å². The number of carboxylic acid groups (broad SMARTS) is 2. The molecule has 1 rings (SSSR count). The molecule has 0 heterocycles. The van der Waals surface area contributed by atoms with Crippen LogP contribution in [0.1, 0.15) is 117 Å². The van der Waals surface area contributed by atoms with Gasteiger partial charge in [0.2, 0.25) is 0 Å². The van der Waals surface area contributed by atoms with Crippen molar-refractivity contribution in [1.29, 1.82) is 0 Å². The fourth-order valence-electron chi connectivity index (χ4n) is 4.65. The molecule has 27 heavy (non-hydrogen) atoms. The maximum atomic E-state index is 11.6. The van der Waals surface area contributed by atoms with E-state index in [-0.39, 0.29) is 17.8 Å². The highest BCUT2D eigenvalue weighted by Gasteiger charge is 2.50. The Morgan fingerprint density at radius 2 is 1.41 bits per heavy atom. The van der Waals surface area contributed by atoms with E-state index in [4.69, 9.17) is 5.11 Å². The van der Waals surface area contributed by atoms with Crippen LogP contribution in [-0.4, -0.2) is 22.2 Å². The van der Waals surface area contributed by atoms with Gasteiger partial charge in [-0.2, -0.15) is 0 Å². The molecule has 0 spiro atoms. The predicted octanol–water partition coefficient (Wildman–Crippen LogP) is 6.67. The molecule has 4 heteroatoms. The Balaban J connectivity index is 2.35. The van der Waals surface area contributed by atoms with Crippen molar-refractivity contribution >= 4 is 11.9 Å². The SMILES string of the molecule is CCCCCCCCC(C(C)C(=O)O)C1(CCCCCCCC(=O)O)CC1. The van der Waals surface area contributed by atoms with Crippen molar-refractivity contribution < 1.29 is 19.8 Å². The minimum absolute atomic E-state index is 0.237. The average molecular weight is 383 g/mol. The zero-order chi connectivity index (χ0) is 20.1.